The van der Waals surface area contributed by atoms with Crippen LogP contribution in [-0.4, -0.2) is 34.6 Å². The van der Waals surface area contributed by atoms with E-state index in [-0.39, 0.29) is 11.3 Å². The average molecular weight is 279 g/mol. The number of nitrogens with zero attached hydrogens (tertiary/aromatic N) is 2. The summed E-state index contributed by atoms with van der Waals surface area (Å²) in [6, 6.07) is 4.09. The Morgan fingerprint density at radius 3 is 2.55 bits per heavy atom. The van der Waals surface area contributed by atoms with Crippen LogP contribution in [0, 0.1) is 10.1 Å². The van der Waals surface area contributed by atoms with Gasteiger partial charge in [0.25, 0.3) is 5.69 Å². The molecule has 0 aromatic heterocycles. The van der Waals surface area contributed by atoms with E-state index in [1.807, 2.05) is 4.90 Å². The summed E-state index contributed by atoms with van der Waals surface area (Å²) in [6.07, 6.45) is 1.04. The molecule has 0 aliphatic carbocycles. The molecule has 108 valence electrons. The van der Waals surface area contributed by atoms with E-state index >= 15 is 0 Å². The molecule has 1 aliphatic heterocycles. The number of carbonyl (C=O) groups is 1. The summed E-state index contributed by atoms with van der Waals surface area (Å²) in [4.78, 5) is 23.6. The van der Waals surface area contributed by atoms with Crippen molar-refractivity contribution < 1.29 is 14.8 Å². The van der Waals surface area contributed by atoms with E-state index in [9.17, 15) is 20.0 Å². The summed E-state index contributed by atoms with van der Waals surface area (Å²) in [5.41, 5.74) is 5.03. The van der Waals surface area contributed by atoms with Crippen molar-refractivity contribution in [3.8, 4) is 0 Å². The molecule has 20 heavy (non-hydrogen) atoms. The molecule has 0 unspecified atom stereocenters. The molecule has 2 rings (SSSR count). The highest BCUT2D eigenvalue weighted by Crippen LogP contribution is 2.33. The van der Waals surface area contributed by atoms with E-state index < -0.39 is 16.4 Å². The Bertz CT molecular complexity index is 547. The number of piperidine rings is 1. The largest absolute Gasteiger partial charge is 0.390 e. The van der Waals surface area contributed by atoms with E-state index in [1.54, 1.807) is 6.92 Å². The minimum absolute atomic E-state index is 0.0588. The van der Waals surface area contributed by atoms with Gasteiger partial charge >= 0.3 is 0 Å². The Hall–Kier alpha value is -2.15. The fourth-order valence-electron chi connectivity index (χ4n) is 2.31. The predicted octanol–water partition coefficient (Wildman–Crippen LogP) is 1.04. The Balaban J connectivity index is 2.36. The summed E-state index contributed by atoms with van der Waals surface area (Å²) >= 11 is 0. The monoisotopic (exact) mass is 279 g/mol. The number of nitro benzene ring substituents is 1. The summed E-state index contributed by atoms with van der Waals surface area (Å²) in [7, 11) is 0. The number of amides is 1. The zero-order valence-electron chi connectivity index (χ0n) is 11.2. The molecule has 0 atom stereocenters. The first-order valence-corrected chi connectivity index (χ1v) is 6.36. The van der Waals surface area contributed by atoms with E-state index in [1.165, 1.54) is 18.2 Å². The molecule has 0 saturated carbocycles. The van der Waals surface area contributed by atoms with Gasteiger partial charge in [-0.25, -0.2) is 0 Å². The lowest BCUT2D eigenvalue weighted by Crippen LogP contribution is -2.42. The van der Waals surface area contributed by atoms with Crippen LogP contribution in [0.1, 0.15) is 30.1 Å². The first-order chi connectivity index (χ1) is 9.30. The van der Waals surface area contributed by atoms with Crippen LogP contribution in [0.4, 0.5) is 11.4 Å². The second-order valence-electron chi connectivity index (χ2n) is 5.31. The quantitative estimate of drug-likeness (QED) is 0.634. The molecule has 1 aliphatic rings. The molecule has 3 N–H and O–H groups in total. The number of rotatable bonds is 3. The van der Waals surface area contributed by atoms with Crippen LogP contribution in [0.15, 0.2) is 18.2 Å². The van der Waals surface area contributed by atoms with E-state index in [0.29, 0.717) is 31.6 Å². The number of hydrogen-bond acceptors (Lipinski definition) is 5. The second-order valence-corrected chi connectivity index (χ2v) is 5.31. The number of benzene rings is 1. The van der Waals surface area contributed by atoms with Crippen molar-refractivity contribution in [3.63, 3.8) is 0 Å². The highest BCUT2D eigenvalue weighted by atomic mass is 16.6. The van der Waals surface area contributed by atoms with Gasteiger partial charge in [0.05, 0.1) is 10.5 Å². The summed E-state index contributed by atoms with van der Waals surface area (Å²) in [6.45, 7) is 2.74. The lowest BCUT2D eigenvalue weighted by molar-refractivity contribution is -0.384. The molecule has 0 bridgehead atoms. The first kappa shape index (κ1) is 14.3. The predicted molar refractivity (Wildman–Crippen MR) is 73.7 cm³/mol. The molecule has 7 heteroatoms. The van der Waals surface area contributed by atoms with E-state index in [4.69, 9.17) is 5.73 Å². The van der Waals surface area contributed by atoms with Crippen molar-refractivity contribution in [2.24, 2.45) is 5.73 Å². The highest BCUT2D eigenvalue weighted by molar-refractivity contribution is 5.94. The number of hydrogen-bond donors (Lipinski definition) is 2. The molecular formula is C13H17N3O4. The fourth-order valence-corrected chi connectivity index (χ4v) is 2.31. The molecule has 1 fully saturated rings. The zero-order valence-corrected chi connectivity index (χ0v) is 11.2. The minimum Gasteiger partial charge on any atom is -0.390 e. The summed E-state index contributed by atoms with van der Waals surface area (Å²) < 4.78 is 0. The maximum Gasteiger partial charge on any atom is 0.292 e. The van der Waals surface area contributed by atoms with Crippen LogP contribution in [-0.2, 0) is 0 Å². The fraction of sp³-hybridized carbons (Fsp3) is 0.462. The van der Waals surface area contributed by atoms with Crippen molar-refractivity contribution >= 4 is 17.3 Å². The number of nitro groups is 1. The van der Waals surface area contributed by atoms with Gasteiger partial charge in [0.2, 0.25) is 5.91 Å². The van der Waals surface area contributed by atoms with Gasteiger partial charge in [0.1, 0.15) is 5.69 Å². The van der Waals surface area contributed by atoms with Crippen LogP contribution in [0.5, 0.6) is 0 Å². The van der Waals surface area contributed by atoms with Gasteiger partial charge < -0.3 is 15.7 Å². The number of aliphatic hydroxyl groups is 1. The first-order valence-electron chi connectivity index (χ1n) is 6.36. The van der Waals surface area contributed by atoms with Gasteiger partial charge in [-0.15, -0.1) is 0 Å². The van der Waals surface area contributed by atoms with Crippen LogP contribution >= 0.6 is 0 Å². The summed E-state index contributed by atoms with van der Waals surface area (Å²) in [5.74, 6) is -0.620. The van der Waals surface area contributed by atoms with E-state index in [0.717, 1.165) is 0 Å². The van der Waals surface area contributed by atoms with Crippen molar-refractivity contribution in [2.75, 3.05) is 18.0 Å². The van der Waals surface area contributed by atoms with Crippen LogP contribution in [0.25, 0.3) is 0 Å². The molecule has 1 aromatic rings. The molecule has 0 spiro atoms. The van der Waals surface area contributed by atoms with Crippen molar-refractivity contribution in [2.45, 2.75) is 25.4 Å². The second kappa shape index (κ2) is 5.09. The Kier molecular flexibility index (Phi) is 3.63. The molecule has 7 nitrogen and oxygen atoms in total. The third-order valence-corrected chi connectivity index (χ3v) is 3.64. The smallest absolute Gasteiger partial charge is 0.292 e. The summed E-state index contributed by atoms with van der Waals surface area (Å²) in [5, 5.41) is 21.0. The number of anilines is 1. The average Bonchev–Trinajstić information content (AvgIpc) is 2.37. The zero-order chi connectivity index (χ0) is 14.9. The number of carbonyl (C=O) groups excluding carboxylic acids is 1. The lowest BCUT2D eigenvalue weighted by atomic mass is 9.93. The van der Waals surface area contributed by atoms with Gasteiger partial charge in [-0.3, -0.25) is 14.9 Å². The van der Waals surface area contributed by atoms with Gasteiger partial charge in [-0.05, 0) is 31.9 Å². The number of primary amides is 1. The molecule has 0 radical (unpaired) electrons. The Morgan fingerprint density at radius 2 is 2.05 bits per heavy atom. The van der Waals surface area contributed by atoms with Gasteiger partial charge in [-0.1, -0.05) is 0 Å². The molecule has 1 saturated heterocycles. The van der Waals surface area contributed by atoms with Gasteiger partial charge in [-0.2, -0.15) is 0 Å². The number of nitrogens with two attached hydrogens (primary N) is 1. The third kappa shape index (κ3) is 2.88. The molecule has 1 amide bonds. The van der Waals surface area contributed by atoms with Crippen molar-refractivity contribution in [1.29, 1.82) is 0 Å². The van der Waals surface area contributed by atoms with Crippen molar-refractivity contribution in [1.82, 2.24) is 0 Å². The van der Waals surface area contributed by atoms with Crippen molar-refractivity contribution in [3.05, 3.63) is 33.9 Å². The Labute approximate surface area is 116 Å². The maximum atomic E-state index is 11.2. The lowest BCUT2D eigenvalue weighted by Gasteiger charge is -2.36. The third-order valence-electron chi connectivity index (χ3n) is 3.64. The molecule has 1 aromatic carbocycles. The maximum absolute atomic E-state index is 11.2. The van der Waals surface area contributed by atoms with E-state index in [2.05, 4.69) is 0 Å². The molecule has 1 heterocycles. The van der Waals surface area contributed by atoms with Gasteiger partial charge in [0, 0.05) is 24.7 Å². The normalized spacial score (nSPS) is 17.8. The van der Waals surface area contributed by atoms with Crippen LogP contribution in [0.3, 0.4) is 0 Å². The van der Waals surface area contributed by atoms with Crippen LogP contribution in [0.2, 0.25) is 0 Å². The highest BCUT2D eigenvalue weighted by Gasteiger charge is 2.30. The minimum atomic E-state index is -0.743. The standard InChI is InChI=1S/C13H17N3O4/c1-13(18)4-6-15(7-5-13)11-8-9(12(14)17)2-3-10(11)16(19)20/h2-3,8,18H,4-7H2,1H3,(H2,14,17). The van der Waals surface area contributed by atoms with Gasteiger partial charge in [0.15, 0.2) is 0 Å². The van der Waals surface area contributed by atoms with Crippen LogP contribution < -0.4 is 10.6 Å². The molecular weight excluding hydrogens is 262 g/mol. The Morgan fingerprint density at radius 1 is 1.45 bits per heavy atom. The SMILES string of the molecule is CC1(O)CCN(c2cc(C(N)=O)ccc2[N+](=O)[O-])CC1. The topological polar surface area (TPSA) is 110 Å².